The van der Waals surface area contributed by atoms with Crippen molar-refractivity contribution in [2.75, 3.05) is 13.1 Å². The molecule has 1 aliphatic rings. The van der Waals surface area contributed by atoms with Gasteiger partial charge in [0, 0.05) is 31.1 Å². The van der Waals surface area contributed by atoms with Crippen LogP contribution in [0.5, 0.6) is 0 Å². The Morgan fingerprint density at radius 2 is 1.87 bits per heavy atom. The first-order chi connectivity index (χ1) is 14.8. The first-order valence-electron chi connectivity index (χ1n) is 10.4. The van der Waals surface area contributed by atoms with Crippen LogP contribution in [0.25, 0.3) is 10.8 Å². The lowest BCUT2D eigenvalue weighted by Crippen LogP contribution is -2.39. The maximum Gasteiger partial charge on any atom is 0.273 e. The van der Waals surface area contributed by atoms with Gasteiger partial charge < -0.3 is 9.32 Å². The van der Waals surface area contributed by atoms with Gasteiger partial charge in [0.15, 0.2) is 5.89 Å². The molecule has 2 aromatic heterocycles. The van der Waals surface area contributed by atoms with Crippen LogP contribution in [-0.2, 0) is 6.42 Å². The molecule has 0 aliphatic carbocycles. The van der Waals surface area contributed by atoms with Crippen molar-refractivity contribution in [2.45, 2.75) is 25.2 Å². The van der Waals surface area contributed by atoms with E-state index in [1.165, 1.54) is 5.56 Å². The van der Waals surface area contributed by atoms with Crippen molar-refractivity contribution >= 4 is 16.7 Å². The highest BCUT2D eigenvalue weighted by Crippen LogP contribution is 2.29. The second kappa shape index (κ2) is 8.11. The van der Waals surface area contributed by atoms with Gasteiger partial charge in [-0.3, -0.25) is 9.78 Å². The quantitative estimate of drug-likeness (QED) is 0.495. The number of likely N-dealkylation sites (tertiary alicyclic amines) is 1. The first kappa shape index (κ1) is 18.6. The summed E-state index contributed by atoms with van der Waals surface area (Å²) in [7, 11) is 0. The van der Waals surface area contributed by atoms with Crippen LogP contribution in [0.2, 0.25) is 0 Å². The van der Waals surface area contributed by atoms with Crippen molar-refractivity contribution in [3.05, 3.63) is 96.0 Å². The normalized spacial score (nSPS) is 16.7. The number of benzene rings is 2. The van der Waals surface area contributed by atoms with E-state index in [0.717, 1.165) is 48.2 Å². The summed E-state index contributed by atoms with van der Waals surface area (Å²) in [6.45, 7) is 1.34. The van der Waals surface area contributed by atoms with Crippen LogP contribution in [0, 0.1) is 0 Å². The fourth-order valence-electron chi connectivity index (χ4n) is 4.19. The summed E-state index contributed by atoms with van der Waals surface area (Å²) in [5, 5.41) is 1.93. The van der Waals surface area contributed by atoms with Crippen molar-refractivity contribution in [1.82, 2.24) is 14.9 Å². The number of aromatic nitrogens is 2. The average molecular weight is 397 g/mol. The summed E-state index contributed by atoms with van der Waals surface area (Å²) in [4.78, 5) is 24.1. The summed E-state index contributed by atoms with van der Waals surface area (Å²) < 4.78 is 6.07. The standard InChI is InChI=1S/C25H23N3O2/c29-25(23-22-11-5-4-9-19(22)12-13-26-23)28-14-6-10-20(17-28)24-27-16-21(30-24)15-18-7-2-1-3-8-18/h1-5,7-9,11-13,16,20H,6,10,14-15,17H2. The topological polar surface area (TPSA) is 59.2 Å². The predicted octanol–water partition coefficient (Wildman–Crippen LogP) is 4.83. The van der Waals surface area contributed by atoms with Crippen LogP contribution in [0.3, 0.4) is 0 Å². The van der Waals surface area contributed by atoms with Crippen LogP contribution >= 0.6 is 0 Å². The van der Waals surface area contributed by atoms with E-state index in [2.05, 4.69) is 22.1 Å². The molecule has 30 heavy (non-hydrogen) atoms. The Bertz CT molecular complexity index is 1160. The monoisotopic (exact) mass is 397 g/mol. The number of piperidine rings is 1. The van der Waals surface area contributed by atoms with Gasteiger partial charge in [0.1, 0.15) is 11.5 Å². The molecule has 0 bridgehead atoms. The Balaban J connectivity index is 1.33. The lowest BCUT2D eigenvalue weighted by molar-refractivity contribution is 0.0694. The molecule has 1 amide bonds. The molecule has 150 valence electrons. The van der Waals surface area contributed by atoms with E-state index in [0.29, 0.717) is 12.2 Å². The minimum absolute atomic E-state index is 0.0208. The molecule has 0 N–H and O–H groups in total. The van der Waals surface area contributed by atoms with E-state index in [4.69, 9.17) is 4.42 Å². The van der Waals surface area contributed by atoms with E-state index < -0.39 is 0 Å². The molecule has 1 unspecified atom stereocenters. The van der Waals surface area contributed by atoms with Crippen molar-refractivity contribution in [1.29, 1.82) is 0 Å². The van der Waals surface area contributed by atoms with Crippen LogP contribution in [0.15, 0.2) is 77.5 Å². The van der Waals surface area contributed by atoms with Gasteiger partial charge >= 0.3 is 0 Å². The molecule has 2 aromatic carbocycles. The van der Waals surface area contributed by atoms with E-state index in [1.807, 2.05) is 59.6 Å². The number of hydrogen-bond donors (Lipinski definition) is 0. The zero-order valence-electron chi connectivity index (χ0n) is 16.7. The lowest BCUT2D eigenvalue weighted by atomic mass is 9.97. The zero-order valence-corrected chi connectivity index (χ0v) is 16.7. The van der Waals surface area contributed by atoms with Crippen molar-refractivity contribution in [2.24, 2.45) is 0 Å². The fourth-order valence-corrected chi connectivity index (χ4v) is 4.19. The third-order valence-electron chi connectivity index (χ3n) is 5.73. The van der Waals surface area contributed by atoms with E-state index in [1.54, 1.807) is 6.20 Å². The smallest absolute Gasteiger partial charge is 0.273 e. The molecule has 4 aromatic rings. The molecule has 5 nitrogen and oxygen atoms in total. The van der Waals surface area contributed by atoms with Crippen LogP contribution in [0.1, 0.15) is 46.5 Å². The van der Waals surface area contributed by atoms with Crippen LogP contribution < -0.4 is 0 Å². The number of hydrogen-bond acceptors (Lipinski definition) is 4. The second-order valence-corrected chi connectivity index (χ2v) is 7.80. The summed E-state index contributed by atoms with van der Waals surface area (Å²) in [5.41, 5.74) is 1.72. The number of fused-ring (bicyclic) bond motifs is 1. The molecule has 1 atom stereocenters. The zero-order chi connectivity index (χ0) is 20.3. The summed E-state index contributed by atoms with van der Waals surface area (Å²) in [6, 6.07) is 20.1. The number of oxazole rings is 1. The maximum atomic E-state index is 13.2. The average Bonchev–Trinajstić information content (AvgIpc) is 3.27. The number of rotatable bonds is 4. The summed E-state index contributed by atoms with van der Waals surface area (Å²) in [5.74, 6) is 1.68. The molecule has 1 saturated heterocycles. The minimum Gasteiger partial charge on any atom is -0.445 e. The Morgan fingerprint density at radius 3 is 2.77 bits per heavy atom. The van der Waals surface area contributed by atoms with Crippen LogP contribution in [0.4, 0.5) is 0 Å². The van der Waals surface area contributed by atoms with Crippen LogP contribution in [-0.4, -0.2) is 33.9 Å². The fraction of sp³-hybridized carbons (Fsp3) is 0.240. The number of amides is 1. The third-order valence-corrected chi connectivity index (χ3v) is 5.73. The van der Waals surface area contributed by atoms with Gasteiger partial charge in [-0.15, -0.1) is 0 Å². The Hall–Kier alpha value is -3.47. The molecule has 1 aliphatic heterocycles. The minimum atomic E-state index is -0.0208. The summed E-state index contributed by atoms with van der Waals surface area (Å²) in [6.07, 6.45) is 6.15. The largest absolute Gasteiger partial charge is 0.445 e. The number of pyridine rings is 1. The van der Waals surface area contributed by atoms with Gasteiger partial charge in [0.25, 0.3) is 5.91 Å². The third kappa shape index (κ3) is 3.71. The molecule has 0 spiro atoms. The molecule has 0 radical (unpaired) electrons. The Kier molecular flexibility index (Phi) is 5.01. The van der Waals surface area contributed by atoms with Crippen molar-refractivity contribution in [3.8, 4) is 0 Å². The molecule has 5 rings (SSSR count). The van der Waals surface area contributed by atoms with E-state index in [-0.39, 0.29) is 11.8 Å². The van der Waals surface area contributed by atoms with Gasteiger partial charge in [-0.05, 0) is 29.9 Å². The van der Waals surface area contributed by atoms with Crippen molar-refractivity contribution < 1.29 is 9.21 Å². The van der Waals surface area contributed by atoms with Gasteiger partial charge in [0.2, 0.25) is 0 Å². The molecule has 5 heteroatoms. The molecule has 1 fully saturated rings. The van der Waals surface area contributed by atoms with Crippen molar-refractivity contribution in [3.63, 3.8) is 0 Å². The first-order valence-corrected chi connectivity index (χ1v) is 10.4. The molecule has 3 heterocycles. The number of carbonyl (C=O) groups is 1. The Morgan fingerprint density at radius 1 is 1.03 bits per heavy atom. The number of carbonyl (C=O) groups excluding carboxylic acids is 1. The molecular weight excluding hydrogens is 374 g/mol. The summed E-state index contributed by atoms with van der Waals surface area (Å²) >= 11 is 0. The Labute approximate surface area is 175 Å². The van der Waals surface area contributed by atoms with Gasteiger partial charge in [-0.1, -0.05) is 54.6 Å². The second-order valence-electron chi connectivity index (χ2n) is 7.80. The lowest BCUT2D eigenvalue weighted by Gasteiger charge is -2.31. The maximum absolute atomic E-state index is 13.2. The highest BCUT2D eigenvalue weighted by Gasteiger charge is 2.29. The van der Waals surface area contributed by atoms with E-state index >= 15 is 0 Å². The highest BCUT2D eigenvalue weighted by molar-refractivity contribution is 6.05. The highest BCUT2D eigenvalue weighted by atomic mass is 16.4. The molecular formula is C25H23N3O2. The van der Waals surface area contributed by atoms with Gasteiger partial charge in [0.05, 0.1) is 12.1 Å². The van der Waals surface area contributed by atoms with E-state index in [9.17, 15) is 4.79 Å². The SMILES string of the molecule is O=C(c1nccc2ccccc12)N1CCCC(c2ncc(Cc3ccccc3)o2)C1. The predicted molar refractivity (Wildman–Crippen MR) is 115 cm³/mol. The number of nitrogens with zero attached hydrogens (tertiary/aromatic N) is 3. The van der Waals surface area contributed by atoms with Gasteiger partial charge in [-0.2, -0.15) is 0 Å². The molecule has 0 saturated carbocycles. The van der Waals surface area contributed by atoms with Gasteiger partial charge in [-0.25, -0.2) is 4.98 Å².